The first-order valence-electron chi connectivity index (χ1n) is 2.79. The van der Waals surface area contributed by atoms with Crippen LogP contribution in [0.1, 0.15) is 12.8 Å². The van der Waals surface area contributed by atoms with Crippen LogP contribution in [0.3, 0.4) is 0 Å². The van der Waals surface area contributed by atoms with E-state index in [9.17, 15) is 0 Å². The number of hydrogen-bond donors (Lipinski definition) is 2. The summed E-state index contributed by atoms with van der Waals surface area (Å²) in [6, 6.07) is 0. The van der Waals surface area contributed by atoms with Crippen molar-refractivity contribution in [3.8, 4) is 0 Å². The summed E-state index contributed by atoms with van der Waals surface area (Å²) in [6.45, 7) is 1.18. The van der Waals surface area contributed by atoms with Crippen molar-refractivity contribution in [3.05, 3.63) is 0 Å². The minimum atomic E-state index is -1.41. The number of hydrogen-bond acceptors (Lipinski definition) is 2. The number of rotatable bonds is 0. The van der Waals surface area contributed by atoms with Gasteiger partial charge in [-0.25, -0.2) is 5.32 Å². The average Bonchev–Trinajstić information content (AvgIpc) is 1.65. The lowest BCUT2D eigenvalue weighted by atomic mass is 10.1. The van der Waals surface area contributed by atoms with Crippen LogP contribution in [0.15, 0.2) is 0 Å². The molecule has 0 aromatic rings. The molecule has 1 rings (SSSR count). The minimum absolute atomic E-state index is 0.396. The van der Waals surface area contributed by atoms with E-state index in [0.29, 0.717) is 25.9 Å². The average molecular weight is 116 g/mol. The molecule has 1 aliphatic heterocycles. The second-order valence-electron chi connectivity index (χ2n) is 2.15. The third-order valence-electron chi connectivity index (χ3n) is 1.34. The van der Waals surface area contributed by atoms with Crippen LogP contribution in [-0.4, -0.2) is 29.1 Å². The van der Waals surface area contributed by atoms with Gasteiger partial charge >= 0.3 is 0 Å². The van der Waals surface area contributed by atoms with Crippen molar-refractivity contribution < 1.29 is 10.2 Å². The first kappa shape index (κ1) is 6.01. The standard InChI is InChI=1S/C5H10NO2/c7-5(8)1-3-6-4-2-5/h7-8H,1-4H2. The SMILES string of the molecule is OC1(O)CC[N]CC1. The van der Waals surface area contributed by atoms with Gasteiger partial charge in [0.05, 0.1) is 0 Å². The highest BCUT2D eigenvalue weighted by Crippen LogP contribution is 2.13. The van der Waals surface area contributed by atoms with Crippen LogP contribution in [-0.2, 0) is 0 Å². The van der Waals surface area contributed by atoms with E-state index in [1.807, 2.05) is 0 Å². The molecule has 0 aliphatic carbocycles. The van der Waals surface area contributed by atoms with Gasteiger partial charge in [-0.3, -0.25) is 0 Å². The summed E-state index contributed by atoms with van der Waals surface area (Å²) in [7, 11) is 0. The van der Waals surface area contributed by atoms with Crippen LogP contribution < -0.4 is 5.32 Å². The Kier molecular flexibility index (Phi) is 1.51. The van der Waals surface area contributed by atoms with Gasteiger partial charge in [-0.15, -0.1) is 0 Å². The molecule has 0 amide bonds. The maximum atomic E-state index is 8.87. The van der Waals surface area contributed by atoms with Gasteiger partial charge in [0.25, 0.3) is 0 Å². The summed E-state index contributed by atoms with van der Waals surface area (Å²) in [4.78, 5) is 0. The molecule has 2 N–H and O–H groups in total. The summed E-state index contributed by atoms with van der Waals surface area (Å²) in [6.07, 6.45) is 0.792. The molecule has 1 fully saturated rings. The summed E-state index contributed by atoms with van der Waals surface area (Å²) < 4.78 is 0. The summed E-state index contributed by atoms with van der Waals surface area (Å²) >= 11 is 0. The van der Waals surface area contributed by atoms with Gasteiger partial charge in [0.15, 0.2) is 5.79 Å². The molecular formula is C5H10NO2. The first-order valence-corrected chi connectivity index (χ1v) is 2.79. The van der Waals surface area contributed by atoms with Crippen LogP contribution >= 0.6 is 0 Å². The second-order valence-corrected chi connectivity index (χ2v) is 2.15. The van der Waals surface area contributed by atoms with Crippen molar-refractivity contribution in [2.75, 3.05) is 13.1 Å². The van der Waals surface area contributed by atoms with Crippen molar-refractivity contribution in [2.45, 2.75) is 18.6 Å². The lowest BCUT2D eigenvalue weighted by Gasteiger charge is -2.25. The molecule has 47 valence electrons. The molecule has 0 spiro atoms. The van der Waals surface area contributed by atoms with Crippen molar-refractivity contribution in [1.82, 2.24) is 5.32 Å². The van der Waals surface area contributed by atoms with Crippen LogP contribution in [0.4, 0.5) is 0 Å². The van der Waals surface area contributed by atoms with Gasteiger partial charge in [-0.1, -0.05) is 0 Å². The molecule has 0 unspecified atom stereocenters. The van der Waals surface area contributed by atoms with Gasteiger partial charge in [0, 0.05) is 25.9 Å². The molecule has 0 aromatic heterocycles. The molecular weight excluding hydrogens is 106 g/mol. The molecule has 0 aromatic carbocycles. The van der Waals surface area contributed by atoms with E-state index in [2.05, 4.69) is 5.32 Å². The first-order chi connectivity index (χ1) is 3.71. The molecule has 1 saturated heterocycles. The highest BCUT2D eigenvalue weighted by atomic mass is 16.5. The normalized spacial score (nSPS) is 27.8. The number of aliphatic hydroxyl groups is 2. The fourth-order valence-electron chi connectivity index (χ4n) is 0.753. The zero-order valence-electron chi connectivity index (χ0n) is 4.67. The molecule has 1 aliphatic rings. The van der Waals surface area contributed by atoms with Crippen LogP contribution in [0.5, 0.6) is 0 Å². The summed E-state index contributed by atoms with van der Waals surface area (Å²) in [5, 5.41) is 21.7. The van der Waals surface area contributed by atoms with E-state index in [1.165, 1.54) is 0 Å². The molecule has 0 saturated carbocycles. The molecule has 3 heteroatoms. The Bertz CT molecular complexity index is 74.5. The summed E-state index contributed by atoms with van der Waals surface area (Å²) in [5.41, 5.74) is 0. The van der Waals surface area contributed by atoms with Gasteiger partial charge in [-0.05, 0) is 0 Å². The molecule has 8 heavy (non-hydrogen) atoms. The van der Waals surface area contributed by atoms with Gasteiger partial charge in [0.1, 0.15) is 0 Å². The predicted octanol–water partition coefficient (Wildman–Crippen LogP) is -0.935. The van der Waals surface area contributed by atoms with E-state index in [4.69, 9.17) is 10.2 Å². The third-order valence-corrected chi connectivity index (χ3v) is 1.34. The second kappa shape index (κ2) is 2.01. The molecule has 1 radical (unpaired) electrons. The van der Waals surface area contributed by atoms with Gasteiger partial charge in [-0.2, -0.15) is 0 Å². The lowest BCUT2D eigenvalue weighted by Crippen LogP contribution is -2.38. The van der Waals surface area contributed by atoms with Crippen molar-refractivity contribution in [2.24, 2.45) is 0 Å². The smallest absolute Gasteiger partial charge is 0.165 e. The number of piperidine rings is 1. The fraction of sp³-hybridized carbons (Fsp3) is 1.00. The van der Waals surface area contributed by atoms with E-state index >= 15 is 0 Å². The van der Waals surface area contributed by atoms with Crippen LogP contribution in [0.2, 0.25) is 0 Å². The largest absolute Gasteiger partial charge is 0.366 e. The zero-order chi connectivity index (χ0) is 6.04. The Morgan fingerprint density at radius 2 is 1.62 bits per heavy atom. The number of nitrogens with zero attached hydrogens (tertiary/aromatic N) is 1. The van der Waals surface area contributed by atoms with Crippen LogP contribution in [0.25, 0.3) is 0 Å². The highest BCUT2D eigenvalue weighted by Gasteiger charge is 2.25. The van der Waals surface area contributed by atoms with E-state index in [1.54, 1.807) is 0 Å². The van der Waals surface area contributed by atoms with Gasteiger partial charge < -0.3 is 10.2 Å². The zero-order valence-corrected chi connectivity index (χ0v) is 4.67. The summed E-state index contributed by atoms with van der Waals surface area (Å²) in [5.74, 6) is -1.41. The Morgan fingerprint density at radius 3 is 1.88 bits per heavy atom. The maximum absolute atomic E-state index is 8.87. The van der Waals surface area contributed by atoms with Crippen molar-refractivity contribution in [1.29, 1.82) is 0 Å². The van der Waals surface area contributed by atoms with Gasteiger partial charge in [0.2, 0.25) is 0 Å². The Balaban J connectivity index is 2.33. The van der Waals surface area contributed by atoms with Crippen molar-refractivity contribution in [3.63, 3.8) is 0 Å². The van der Waals surface area contributed by atoms with Crippen molar-refractivity contribution >= 4 is 0 Å². The molecule has 0 bridgehead atoms. The topological polar surface area (TPSA) is 54.6 Å². The quantitative estimate of drug-likeness (QED) is 0.401. The lowest BCUT2D eigenvalue weighted by molar-refractivity contribution is -0.176. The Labute approximate surface area is 48.3 Å². The van der Waals surface area contributed by atoms with E-state index < -0.39 is 5.79 Å². The Morgan fingerprint density at radius 1 is 1.12 bits per heavy atom. The maximum Gasteiger partial charge on any atom is 0.165 e. The van der Waals surface area contributed by atoms with E-state index in [-0.39, 0.29) is 0 Å². The van der Waals surface area contributed by atoms with E-state index in [0.717, 1.165) is 0 Å². The molecule has 0 atom stereocenters. The highest BCUT2D eigenvalue weighted by molar-refractivity contribution is 4.72. The Hall–Kier alpha value is -0.120. The predicted molar refractivity (Wildman–Crippen MR) is 28.3 cm³/mol. The van der Waals surface area contributed by atoms with Crippen LogP contribution in [0, 0.1) is 0 Å². The third kappa shape index (κ3) is 1.43. The fourth-order valence-corrected chi connectivity index (χ4v) is 0.753. The minimum Gasteiger partial charge on any atom is -0.366 e. The monoisotopic (exact) mass is 116 g/mol. The molecule has 1 heterocycles. The molecule has 3 nitrogen and oxygen atoms in total.